The highest BCUT2D eigenvalue weighted by Gasteiger charge is 2.31. The van der Waals surface area contributed by atoms with E-state index in [9.17, 15) is 15.0 Å². The molecule has 2 aromatic rings. The quantitative estimate of drug-likeness (QED) is 0.624. The van der Waals surface area contributed by atoms with Crippen LogP contribution in [0.5, 0.6) is 11.5 Å². The minimum Gasteiger partial charge on any atom is -0.481 e. The van der Waals surface area contributed by atoms with Crippen molar-refractivity contribution < 1.29 is 24.9 Å². The van der Waals surface area contributed by atoms with E-state index >= 15 is 0 Å². The maximum atomic E-state index is 10.7. The first-order valence-electron chi connectivity index (χ1n) is 7.85. The lowest BCUT2D eigenvalue weighted by Crippen LogP contribution is -2.33. The van der Waals surface area contributed by atoms with E-state index in [-0.39, 0.29) is 11.7 Å². The predicted octanol–water partition coefficient (Wildman–Crippen LogP) is 1.95. The summed E-state index contributed by atoms with van der Waals surface area (Å²) in [6, 6.07) is 14.5. The Bertz CT molecular complexity index is 719. The van der Waals surface area contributed by atoms with E-state index in [1.807, 2.05) is 24.3 Å². The van der Waals surface area contributed by atoms with Crippen LogP contribution in [-0.2, 0) is 17.6 Å². The maximum absolute atomic E-state index is 10.7. The number of hydrogen-bond donors (Lipinski definition) is 4. The number of carboxylic acids is 1. The number of carboxylic acid groups (broad SMARTS) is 1. The second kappa shape index (κ2) is 7.88. The van der Waals surface area contributed by atoms with E-state index in [0.29, 0.717) is 17.9 Å². The highest BCUT2D eigenvalue weighted by Crippen LogP contribution is 2.29. The Morgan fingerprint density at radius 3 is 2.04 bits per heavy atom. The third-order valence-electron chi connectivity index (χ3n) is 3.84. The summed E-state index contributed by atoms with van der Waals surface area (Å²) in [5, 5.41) is 30.6. The fourth-order valence-electron chi connectivity index (χ4n) is 2.60. The molecule has 3 rings (SSSR count). The number of benzene rings is 2. The van der Waals surface area contributed by atoms with Gasteiger partial charge in [0.15, 0.2) is 5.56 Å². The zero-order valence-electron chi connectivity index (χ0n) is 13.3. The molecule has 0 radical (unpaired) electrons. The summed E-state index contributed by atoms with van der Waals surface area (Å²) in [4.78, 5) is 10.7. The van der Waals surface area contributed by atoms with Crippen LogP contribution in [0.4, 0.5) is 0 Å². The van der Waals surface area contributed by atoms with Crippen molar-refractivity contribution in [1.29, 1.82) is 0 Å². The lowest BCUT2D eigenvalue weighted by Gasteiger charge is -2.13. The highest BCUT2D eigenvalue weighted by atomic mass is 32.2. The summed E-state index contributed by atoms with van der Waals surface area (Å²) in [5.74, 6) is 0.445. The number of aliphatic hydroxyl groups excluding tert-OH is 2. The molecule has 1 heterocycles. The van der Waals surface area contributed by atoms with Gasteiger partial charge in [-0.1, -0.05) is 24.3 Å². The SMILES string of the molecule is O=C(O)Cc1ccc(Oc2ccc(CC3SC(O)NC3O)cc2)cc1. The van der Waals surface area contributed by atoms with Gasteiger partial charge in [-0.3, -0.25) is 10.1 Å². The number of aliphatic carboxylic acids is 1. The van der Waals surface area contributed by atoms with E-state index in [0.717, 1.165) is 11.1 Å². The molecule has 1 aliphatic rings. The molecule has 1 aliphatic heterocycles. The van der Waals surface area contributed by atoms with Gasteiger partial charge >= 0.3 is 5.97 Å². The number of hydrogen-bond acceptors (Lipinski definition) is 6. The molecule has 1 saturated heterocycles. The molecule has 25 heavy (non-hydrogen) atoms. The fourth-order valence-corrected chi connectivity index (χ4v) is 3.67. The Morgan fingerprint density at radius 2 is 1.56 bits per heavy atom. The lowest BCUT2D eigenvalue weighted by atomic mass is 10.1. The van der Waals surface area contributed by atoms with E-state index in [4.69, 9.17) is 9.84 Å². The van der Waals surface area contributed by atoms with Gasteiger partial charge in [0.1, 0.15) is 17.7 Å². The van der Waals surface area contributed by atoms with Gasteiger partial charge in [-0.15, -0.1) is 11.8 Å². The molecule has 0 spiro atoms. The zero-order chi connectivity index (χ0) is 17.8. The van der Waals surface area contributed by atoms with Crippen LogP contribution in [0, 0.1) is 0 Å². The summed E-state index contributed by atoms with van der Waals surface area (Å²) >= 11 is 1.30. The van der Waals surface area contributed by atoms with Crippen molar-refractivity contribution in [3.8, 4) is 11.5 Å². The molecular weight excluding hydrogens is 342 g/mol. The number of nitrogens with one attached hydrogen (secondary N) is 1. The van der Waals surface area contributed by atoms with Gasteiger partial charge in [-0.25, -0.2) is 0 Å². The van der Waals surface area contributed by atoms with Crippen molar-refractivity contribution in [2.75, 3.05) is 0 Å². The van der Waals surface area contributed by atoms with E-state index < -0.39 is 17.8 Å². The standard InChI is InChI=1S/C18H19NO5S/c20-16(21)10-12-3-7-14(8-4-12)24-13-5-1-11(2-6-13)9-15-17(22)19-18(23)25-15/h1-8,15,17-19,22-23H,9-10H2,(H,20,21). The number of carbonyl (C=O) groups is 1. The fraction of sp³-hybridized carbons (Fsp3) is 0.278. The minimum atomic E-state index is -0.863. The van der Waals surface area contributed by atoms with E-state index in [1.54, 1.807) is 24.3 Å². The Morgan fingerprint density at radius 1 is 1.00 bits per heavy atom. The van der Waals surface area contributed by atoms with Crippen molar-refractivity contribution in [3.05, 3.63) is 59.7 Å². The monoisotopic (exact) mass is 361 g/mol. The molecule has 132 valence electrons. The Kier molecular flexibility index (Phi) is 5.60. The second-order valence-electron chi connectivity index (χ2n) is 5.80. The zero-order valence-corrected chi connectivity index (χ0v) is 14.1. The van der Waals surface area contributed by atoms with Crippen molar-refractivity contribution in [2.45, 2.75) is 29.9 Å². The van der Waals surface area contributed by atoms with Crippen LogP contribution in [0.3, 0.4) is 0 Å². The molecule has 2 aromatic carbocycles. The summed E-state index contributed by atoms with van der Waals surface area (Å²) in [6.07, 6.45) is -0.0934. The van der Waals surface area contributed by atoms with E-state index in [2.05, 4.69) is 5.32 Å². The Labute approximate surface area is 149 Å². The average Bonchev–Trinajstić information content (AvgIpc) is 2.88. The average molecular weight is 361 g/mol. The third-order valence-corrected chi connectivity index (χ3v) is 5.01. The predicted molar refractivity (Wildman–Crippen MR) is 94.5 cm³/mol. The van der Waals surface area contributed by atoms with Gasteiger partial charge < -0.3 is 20.1 Å². The summed E-state index contributed by atoms with van der Waals surface area (Å²) in [7, 11) is 0. The highest BCUT2D eigenvalue weighted by molar-refractivity contribution is 8.00. The van der Waals surface area contributed by atoms with Crippen LogP contribution in [0.25, 0.3) is 0 Å². The molecular formula is C18H19NO5S. The van der Waals surface area contributed by atoms with Gasteiger partial charge in [0.05, 0.1) is 11.7 Å². The van der Waals surface area contributed by atoms with Crippen LogP contribution < -0.4 is 10.1 Å². The minimum absolute atomic E-state index is 0.0104. The first-order chi connectivity index (χ1) is 12.0. The van der Waals surface area contributed by atoms with Crippen molar-refractivity contribution >= 4 is 17.7 Å². The lowest BCUT2D eigenvalue weighted by molar-refractivity contribution is -0.136. The van der Waals surface area contributed by atoms with Gasteiger partial charge in [0.25, 0.3) is 0 Å². The van der Waals surface area contributed by atoms with Crippen LogP contribution in [-0.4, -0.2) is 38.3 Å². The topological polar surface area (TPSA) is 99.0 Å². The first kappa shape index (κ1) is 17.8. The number of rotatable bonds is 6. The molecule has 7 heteroatoms. The smallest absolute Gasteiger partial charge is 0.307 e. The van der Waals surface area contributed by atoms with Gasteiger partial charge in [-0.05, 0) is 41.8 Å². The van der Waals surface area contributed by atoms with Crippen molar-refractivity contribution in [1.82, 2.24) is 5.32 Å². The van der Waals surface area contributed by atoms with Crippen LogP contribution in [0.1, 0.15) is 11.1 Å². The summed E-state index contributed by atoms with van der Waals surface area (Å²) in [6.45, 7) is 0. The van der Waals surface area contributed by atoms with Crippen LogP contribution in [0.2, 0.25) is 0 Å². The normalized spacial score (nSPS) is 22.7. The molecule has 0 bridgehead atoms. The summed E-state index contributed by atoms with van der Waals surface area (Å²) < 4.78 is 5.75. The van der Waals surface area contributed by atoms with Gasteiger partial charge in [0, 0.05) is 0 Å². The second-order valence-corrected chi connectivity index (χ2v) is 7.13. The Hall–Kier alpha value is -2.06. The largest absolute Gasteiger partial charge is 0.481 e. The number of ether oxygens (including phenoxy) is 1. The molecule has 4 N–H and O–H groups in total. The maximum Gasteiger partial charge on any atom is 0.307 e. The van der Waals surface area contributed by atoms with Crippen molar-refractivity contribution in [2.24, 2.45) is 0 Å². The van der Waals surface area contributed by atoms with Crippen molar-refractivity contribution in [3.63, 3.8) is 0 Å². The third kappa shape index (κ3) is 4.96. The molecule has 3 unspecified atom stereocenters. The molecule has 0 aliphatic carbocycles. The number of thioether (sulfide) groups is 1. The van der Waals surface area contributed by atoms with Crippen LogP contribution in [0.15, 0.2) is 48.5 Å². The molecule has 1 fully saturated rings. The number of aliphatic hydroxyl groups is 2. The van der Waals surface area contributed by atoms with Gasteiger partial charge in [0.2, 0.25) is 0 Å². The Balaban J connectivity index is 1.58. The molecule has 0 saturated carbocycles. The molecule has 3 atom stereocenters. The van der Waals surface area contributed by atoms with Crippen LogP contribution >= 0.6 is 11.8 Å². The molecule has 6 nitrogen and oxygen atoms in total. The first-order valence-corrected chi connectivity index (χ1v) is 8.79. The molecule has 0 aromatic heterocycles. The molecule has 0 amide bonds. The van der Waals surface area contributed by atoms with E-state index in [1.165, 1.54) is 11.8 Å². The summed E-state index contributed by atoms with van der Waals surface area (Å²) in [5.41, 5.74) is 1.03. The van der Waals surface area contributed by atoms with Gasteiger partial charge in [-0.2, -0.15) is 0 Å².